The molecule has 0 aliphatic rings. The van der Waals surface area contributed by atoms with Crippen molar-refractivity contribution in [3.05, 3.63) is 21.9 Å². The van der Waals surface area contributed by atoms with Crippen molar-refractivity contribution >= 4 is 11.3 Å². The smallest absolute Gasteiger partial charge is 0.0578 e. The second kappa shape index (κ2) is 5.06. The Morgan fingerprint density at radius 1 is 1.62 bits per heavy atom. The number of hydrogen-bond donors (Lipinski definition) is 1. The Kier molecular flexibility index (Phi) is 4.01. The van der Waals surface area contributed by atoms with E-state index in [2.05, 4.69) is 37.2 Å². The molecule has 0 spiro atoms. The first-order valence-corrected chi connectivity index (χ1v) is 5.35. The first-order chi connectivity index (χ1) is 6.27. The molecular formula is C11H15NS. The van der Waals surface area contributed by atoms with Crippen LogP contribution >= 0.6 is 11.3 Å². The SMILES string of the molecule is C#CCNC(C)c1ccc(CC)s1. The van der Waals surface area contributed by atoms with Crippen LogP contribution < -0.4 is 5.32 Å². The summed E-state index contributed by atoms with van der Waals surface area (Å²) in [5, 5.41) is 3.26. The summed E-state index contributed by atoms with van der Waals surface area (Å²) in [6.45, 7) is 4.96. The molecule has 0 saturated heterocycles. The fourth-order valence-electron chi connectivity index (χ4n) is 1.13. The zero-order chi connectivity index (χ0) is 9.68. The fourth-order valence-corrected chi connectivity index (χ4v) is 2.11. The minimum Gasteiger partial charge on any atom is -0.299 e. The molecular weight excluding hydrogens is 178 g/mol. The van der Waals surface area contributed by atoms with Gasteiger partial charge in [0.25, 0.3) is 0 Å². The van der Waals surface area contributed by atoms with E-state index in [1.165, 1.54) is 9.75 Å². The standard InChI is InChI=1S/C11H15NS/c1-4-8-12-9(3)11-7-6-10(5-2)13-11/h1,6-7,9,12H,5,8H2,2-3H3. The Morgan fingerprint density at radius 2 is 2.38 bits per heavy atom. The highest BCUT2D eigenvalue weighted by Crippen LogP contribution is 2.22. The monoisotopic (exact) mass is 193 g/mol. The van der Waals surface area contributed by atoms with Crippen LogP contribution in [0.25, 0.3) is 0 Å². The molecule has 1 nitrogen and oxygen atoms in total. The minimum absolute atomic E-state index is 0.376. The van der Waals surface area contributed by atoms with Gasteiger partial charge in [0.05, 0.1) is 6.54 Å². The molecule has 0 fully saturated rings. The quantitative estimate of drug-likeness (QED) is 0.725. The maximum Gasteiger partial charge on any atom is 0.0578 e. The highest BCUT2D eigenvalue weighted by molar-refractivity contribution is 7.12. The fraction of sp³-hybridized carbons (Fsp3) is 0.455. The van der Waals surface area contributed by atoms with Crippen LogP contribution in [-0.4, -0.2) is 6.54 Å². The van der Waals surface area contributed by atoms with Gasteiger partial charge in [-0.3, -0.25) is 5.32 Å². The molecule has 0 saturated carbocycles. The Bertz CT molecular complexity index is 295. The summed E-state index contributed by atoms with van der Waals surface area (Å²) < 4.78 is 0. The topological polar surface area (TPSA) is 12.0 Å². The second-order valence-corrected chi connectivity index (χ2v) is 4.16. The van der Waals surface area contributed by atoms with Gasteiger partial charge in [0.1, 0.15) is 0 Å². The van der Waals surface area contributed by atoms with Crippen LogP contribution in [0.3, 0.4) is 0 Å². The lowest BCUT2D eigenvalue weighted by molar-refractivity contribution is 0.633. The van der Waals surface area contributed by atoms with Crippen LogP contribution in [0.15, 0.2) is 12.1 Å². The predicted octanol–water partition coefficient (Wildman–Crippen LogP) is 2.59. The number of nitrogens with one attached hydrogen (secondary N) is 1. The molecule has 0 aliphatic heterocycles. The van der Waals surface area contributed by atoms with Gasteiger partial charge in [0.15, 0.2) is 0 Å². The number of thiophene rings is 1. The third kappa shape index (κ3) is 2.87. The van der Waals surface area contributed by atoms with Crippen molar-refractivity contribution in [2.75, 3.05) is 6.54 Å². The van der Waals surface area contributed by atoms with Gasteiger partial charge in [-0.1, -0.05) is 12.8 Å². The Balaban J connectivity index is 2.56. The van der Waals surface area contributed by atoms with Gasteiger partial charge in [0, 0.05) is 15.8 Å². The van der Waals surface area contributed by atoms with Gasteiger partial charge in [-0.25, -0.2) is 0 Å². The van der Waals surface area contributed by atoms with Gasteiger partial charge >= 0.3 is 0 Å². The summed E-state index contributed by atoms with van der Waals surface area (Å²) in [7, 11) is 0. The first-order valence-electron chi connectivity index (χ1n) is 4.53. The molecule has 1 atom stereocenters. The van der Waals surface area contributed by atoms with Crippen LogP contribution in [0.4, 0.5) is 0 Å². The van der Waals surface area contributed by atoms with Crippen molar-refractivity contribution in [2.24, 2.45) is 0 Å². The van der Waals surface area contributed by atoms with E-state index in [4.69, 9.17) is 6.42 Å². The molecule has 70 valence electrons. The highest BCUT2D eigenvalue weighted by Gasteiger charge is 2.05. The number of terminal acetylenes is 1. The molecule has 0 aliphatic carbocycles. The van der Waals surface area contributed by atoms with Crippen molar-refractivity contribution in [1.82, 2.24) is 5.32 Å². The van der Waals surface area contributed by atoms with E-state index >= 15 is 0 Å². The molecule has 0 aromatic carbocycles. The van der Waals surface area contributed by atoms with Crippen molar-refractivity contribution in [1.29, 1.82) is 0 Å². The third-order valence-corrected chi connectivity index (χ3v) is 3.38. The van der Waals surface area contributed by atoms with Crippen LogP contribution in [0.5, 0.6) is 0 Å². The molecule has 1 heterocycles. The molecule has 2 heteroatoms. The van der Waals surface area contributed by atoms with Gasteiger partial charge in [0.2, 0.25) is 0 Å². The van der Waals surface area contributed by atoms with Gasteiger partial charge < -0.3 is 0 Å². The molecule has 0 bridgehead atoms. The molecule has 1 aromatic heterocycles. The number of hydrogen-bond acceptors (Lipinski definition) is 2. The Morgan fingerprint density at radius 3 is 2.92 bits per heavy atom. The summed E-state index contributed by atoms with van der Waals surface area (Å²) in [5.41, 5.74) is 0. The molecule has 1 aromatic rings. The van der Waals surface area contributed by atoms with Gasteiger partial charge in [-0.15, -0.1) is 17.8 Å². The van der Waals surface area contributed by atoms with E-state index in [1.807, 2.05) is 11.3 Å². The normalized spacial score (nSPS) is 12.4. The van der Waals surface area contributed by atoms with Crippen molar-refractivity contribution in [3.63, 3.8) is 0 Å². The van der Waals surface area contributed by atoms with Crippen molar-refractivity contribution < 1.29 is 0 Å². The zero-order valence-electron chi connectivity index (χ0n) is 8.13. The largest absolute Gasteiger partial charge is 0.299 e. The summed E-state index contributed by atoms with van der Waals surface area (Å²) in [6.07, 6.45) is 6.29. The van der Waals surface area contributed by atoms with E-state index in [0.29, 0.717) is 12.6 Å². The average molecular weight is 193 g/mol. The summed E-state index contributed by atoms with van der Waals surface area (Å²) in [5.74, 6) is 2.58. The highest BCUT2D eigenvalue weighted by atomic mass is 32.1. The molecule has 1 unspecified atom stereocenters. The molecule has 1 rings (SSSR count). The minimum atomic E-state index is 0.376. The number of rotatable bonds is 4. The van der Waals surface area contributed by atoms with E-state index in [9.17, 15) is 0 Å². The van der Waals surface area contributed by atoms with Crippen LogP contribution in [0.1, 0.15) is 29.6 Å². The van der Waals surface area contributed by atoms with Crippen molar-refractivity contribution in [2.45, 2.75) is 26.3 Å². The van der Waals surface area contributed by atoms with Gasteiger partial charge in [-0.2, -0.15) is 0 Å². The van der Waals surface area contributed by atoms with Crippen LogP contribution in [-0.2, 0) is 6.42 Å². The summed E-state index contributed by atoms with van der Waals surface area (Å²) >= 11 is 1.86. The second-order valence-electron chi connectivity index (χ2n) is 2.96. The molecule has 0 radical (unpaired) electrons. The van der Waals surface area contributed by atoms with Gasteiger partial charge in [-0.05, 0) is 25.5 Å². The predicted molar refractivity (Wildman–Crippen MR) is 58.9 cm³/mol. The van der Waals surface area contributed by atoms with Crippen LogP contribution in [0.2, 0.25) is 0 Å². The molecule has 1 N–H and O–H groups in total. The lowest BCUT2D eigenvalue weighted by Crippen LogP contribution is -2.17. The lowest BCUT2D eigenvalue weighted by atomic mass is 10.2. The zero-order valence-corrected chi connectivity index (χ0v) is 8.95. The average Bonchev–Trinajstić information content (AvgIpc) is 2.62. The Labute approximate surface area is 84.2 Å². The number of aryl methyl sites for hydroxylation is 1. The Hall–Kier alpha value is -0.780. The van der Waals surface area contributed by atoms with E-state index in [0.717, 1.165) is 6.42 Å². The third-order valence-electron chi connectivity index (χ3n) is 1.97. The summed E-state index contributed by atoms with van der Waals surface area (Å²) in [4.78, 5) is 2.80. The maximum absolute atomic E-state index is 5.18. The van der Waals surface area contributed by atoms with Crippen LogP contribution in [0, 0.1) is 12.3 Å². The first kappa shape index (κ1) is 10.3. The van der Waals surface area contributed by atoms with E-state index < -0.39 is 0 Å². The van der Waals surface area contributed by atoms with E-state index in [-0.39, 0.29) is 0 Å². The van der Waals surface area contributed by atoms with E-state index in [1.54, 1.807) is 0 Å². The lowest BCUT2D eigenvalue weighted by Gasteiger charge is -2.08. The summed E-state index contributed by atoms with van der Waals surface area (Å²) in [6, 6.07) is 4.74. The molecule has 0 amide bonds. The van der Waals surface area contributed by atoms with Crippen molar-refractivity contribution in [3.8, 4) is 12.3 Å². The molecule has 13 heavy (non-hydrogen) atoms. The maximum atomic E-state index is 5.18.